The number of nitrogens with one attached hydrogen (secondary N) is 2. The Morgan fingerprint density at radius 3 is 2.91 bits per heavy atom. The van der Waals surface area contributed by atoms with Crippen molar-refractivity contribution in [3.63, 3.8) is 0 Å². The molecule has 0 aliphatic heterocycles. The van der Waals surface area contributed by atoms with Crippen LogP contribution in [0.2, 0.25) is 5.15 Å². The first kappa shape index (κ1) is 14.9. The number of rotatable bonds is 4. The summed E-state index contributed by atoms with van der Waals surface area (Å²) in [5, 5.41) is 1.18. The third-order valence-corrected chi connectivity index (χ3v) is 3.92. The Labute approximate surface area is 133 Å². The minimum Gasteiger partial charge on any atom is -0.479 e. The standard InChI is InChI=1S/C13H9ClF2N4OS/c1-21-13-7(15)4-8(11(16)19-13)20-22-9-5-17-12-6(9)2-3-10(14)18-12/h2-5,20H,1H3,(H,17,18). The van der Waals surface area contributed by atoms with Gasteiger partial charge in [-0.2, -0.15) is 9.37 Å². The molecule has 2 N–H and O–H groups in total. The molecule has 0 aromatic carbocycles. The highest BCUT2D eigenvalue weighted by atomic mass is 35.5. The van der Waals surface area contributed by atoms with E-state index in [2.05, 4.69) is 24.4 Å². The van der Waals surface area contributed by atoms with Crippen molar-refractivity contribution in [1.29, 1.82) is 0 Å². The molecule has 3 aromatic rings. The van der Waals surface area contributed by atoms with Crippen molar-refractivity contribution in [2.75, 3.05) is 11.8 Å². The molecule has 0 fully saturated rings. The molecule has 3 rings (SSSR count). The van der Waals surface area contributed by atoms with Gasteiger partial charge < -0.3 is 14.4 Å². The van der Waals surface area contributed by atoms with Gasteiger partial charge in [0, 0.05) is 17.6 Å². The first-order chi connectivity index (χ1) is 10.6. The van der Waals surface area contributed by atoms with Crippen LogP contribution in [0, 0.1) is 11.8 Å². The minimum absolute atomic E-state index is 0.0837. The molecule has 0 saturated carbocycles. The van der Waals surface area contributed by atoms with E-state index in [0.29, 0.717) is 10.8 Å². The number of methoxy groups -OCH3 is 1. The van der Waals surface area contributed by atoms with Crippen molar-refractivity contribution < 1.29 is 13.5 Å². The maximum absolute atomic E-state index is 13.7. The molecule has 22 heavy (non-hydrogen) atoms. The summed E-state index contributed by atoms with van der Waals surface area (Å²) in [5.41, 5.74) is 0.524. The first-order valence-electron chi connectivity index (χ1n) is 6.05. The van der Waals surface area contributed by atoms with E-state index >= 15 is 0 Å². The van der Waals surface area contributed by atoms with Crippen LogP contribution in [0.5, 0.6) is 5.88 Å². The average Bonchev–Trinajstić information content (AvgIpc) is 2.89. The second kappa shape index (κ2) is 5.98. The van der Waals surface area contributed by atoms with Gasteiger partial charge in [-0.25, -0.2) is 9.37 Å². The van der Waals surface area contributed by atoms with Gasteiger partial charge in [0.05, 0.1) is 12.0 Å². The smallest absolute Gasteiger partial charge is 0.252 e. The van der Waals surface area contributed by atoms with Gasteiger partial charge in [0.2, 0.25) is 5.95 Å². The molecular formula is C13H9ClF2N4OS. The molecule has 3 aromatic heterocycles. The number of hydrogen-bond donors (Lipinski definition) is 2. The lowest BCUT2D eigenvalue weighted by Gasteiger charge is -2.07. The van der Waals surface area contributed by atoms with Crippen LogP contribution in [0.25, 0.3) is 11.0 Å². The monoisotopic (exact) mass is 342 g/mol. The molecule has 114 valence electrons. The molecule has 0 atom stereocenters. The van der Waals surface area contributed by atoms with Gasteiger partial charge in [-0.1, -0.05) is 11.6 Å². The van der Waals surface area contributed by atoms with Gasteiger partial charge in [0.15, 0.2) is 5.82 Å². The van der Waals surface area contributed by atoms with E-state index < -0.39 is 11.8 Å². The van der Waals surface area contributed by atoms with Crippen molar-refractivity contribution in [3.8, 4) is 5.88 Å². The minimum atomic E-state index is -0.855. The molecule has 0 radical (unpaired) electrons. The fourth-order valence-corrected chi connectivity index (χ4v) is 2.72. The first-order valence-corrected chi connectivity index (χ1v) is 7.24. The number of aromatic amines is 1. The van der Waals surface area contributed by atoms with Gasteiger partial charge in [-0.3, -0.25) is 0 Å². The van der Waals surface area contributed by atoms with Gasteiger partial charge in [0.25, 0.3) is 5.88 Å². The van der Waals surface area contributed by atoms with Crippen LogP contribution in [0.4, 0.5) is 14.5 Å². The highest BCUT2D eigenvalue weighted by Gasteiger charge is 2.13. The quantitative estimate of drug-likeness (QED) is 0.554. The lowest BCUT2D eigenvalue weighted by molar-refractivity contribution is 0.360. The largest absolute Gasteiger partial charge is 0.479 e. The molecule has 5 nitrogen and oxygen atoms in total. The van der Waals surface area contributed by atoms with Gasteiger partial charge >= 0.3 is 0 Å². The van der Waals surface area contributed by atoms with E-state index in [1.165, 1.54) is 7.11 Å². The maximum atomic E-state index is 13.7. The number of pyridine rings is 2. The summed E-state index contributed by atoms with van der Waals surface area (Å²) in [7, 11) is 1.22. The lowest BCUT2D eigenvalue weighted by Crippen LogP contribution is -1.99. The van der Waals surface area contributed by atoms with E-state index in [0.717, 1.165) is 28.3 Å². The SMILES string of the molecule is COc1nc(F)c(NSc2c[nH]c3nc(Cl)ccc23)cc1F. The molecule has 0 saturated heterocycles. The zero-order valence-electron chi connectivity index (χ0n) is 11.2. The Morgan fingerprint density at radius 1 is 1.32 bits per heavy atom. The third kappa shape index (κ3) is 2.79. The molecule has 9 heteroatoms. The summed E-state index contributed by atoms with van der Waals surface area (Å²) in [5.74, 6) is -2.00. The predicted molar refractivity (Wildman–Crippen MR) is 81.3 cm³/mol. The predicted octanol–water partition coefficient (Wildman–Crippen LogP) is 4.02. The Balaban J connectivity index is 1.84. The summed E-state index contributed by atoms with van der Waals surface area (Å²) >= 11 is 6.90. The van der Waals surface area contributed by atoms with E-state index in [4.69, 9.17) is 11.6 Å². The maximum Gasteiger partial charge on any atom is 0.252 e. The summed E-state index contributed by atoms with van der Waals surface area (Å²) in [4.78, 5) is 11.2. The molecule has 0 bridgehead atoms. The van der Waals surface area contributed by atoms with Crippen LogP contribution < -0.4 is 9.46 Å². The number of halogens is 3. The molecule has 3 heterocycles. The normalized spacial score (nSPS) is 10.9. The third-order valence-electron chi connectivity index (χ3n) is 2.83. The number of hydrogen-bond acceptors (Lipinski definition) is 5. The molecule has 0 unspecified atom stereocenters. The summed E-state index contributed by atoms with van der Waals surface area (Å²) in [6, 6.07) is 4.42. The number of anilines is 1. The van der Waals surface area contributed by atoms with Crippen molar-refractivity contribution in [2.45, 2.75) is 4.90 Å². The Bertz CT molecular complexity index is 842. The second-order valence-corrected chi connectivity index (χ2v) is 5.44. The Kier molecular flexibility index (Phi) is 4.04. The zero-order valence-corrected chi connectivity index (χ0v) is 12.7. The number of aromatic nitrogens is 3. The number of H-pyrrole nitrogens is 1. The highest BCUT2D eigenvalue weighted by Crippen LogP contribution is 2.30. The fraction of sp³-hybridized carbons (Fsp3) is 0.0769. The van der Waals surface area contributed by atoms with Crippen LogP contribution in [-0.2, 0) is 0 Å². The average molecular weight is 343 g/mol. The second-order valence-electron chi connectivity index (χ2n) is 4.21. The highest BCUT2D eigenvalue weighted by molar-refractivity contribution is 8.00. The van der Waals surface area contributed by atoms with Crippen LogP contribution in [-0.4, -0.2) is 22.1 Å². The summed E-state index contributed by atoms with van der Waals surface area (Å²) < 4.78 is 34.6. The molecule has 0 aliphatic rings. The van der Waals surface area contributed by atoms with Crippen LogP contribution in [0.3, 0.4) is 0 Å². The van der Waals surface area contributed by atoms with E-state index in [1.807, 2.05) is 0 Å². The fourth-order valence-electron chi connectivity index (χ4n) is 1.82. The zero-order chi connectivity index (χ0) is 15.7. The van der Waals surface area contributed by atoms with Crippen molar-refractivity contribution in [2.24, 2.45) is 0 Å². The van der Waals surface area contributed by atoms with Gasteiger partial charge in [-0.05, 0) is 24.1 Å². The van der Waals surface area contributed by atoms with Crippen molar-refractivity contribution in [3.05, 3.63) is 41.3 Å². The lowest BCUT2D eigenvalue weighted by atomic mass is 10.3. The van der Waals surface area contributed by atoms with E-state index in [1.54, 1.807) is 18.3 Å². The number of ether oxygens (including phenoxy) is 1. The van der Waals surface area contributed by atoms with E-state index in [9.17, 15) is 8.78 Å². The molecular weight excluding hydrogens is 334 g/mol. The summed E-state index contributed by atoms with van der Waals surface area (Å²) in [6.45, 7) is 0. The van der Waals surface area contributed by atoms with Crippen molar-refractivity contribution >= 4 is 40.3 Å². The van der Waals surface area contributed by atoms with Crippen LogP contribution in [0.15, 0.2) is 29.3 Å². The van der Waals surface area contributed by atoms with E-state index in [-0.39, 0.29) is 11.6 Å². The number of fused-ring (bicyclic) bond motifs is 1. The molecule has 0 aliphatic carbocycles. The van der Waals surface area contributed by atoms with Gasteiger partial charge in [0.1, 0.15) is 16.5 Å². The molecule has 0 amide bonds. The molecule has 0 spiro atoms. The van der Waals surface area contributed by atoms with Crippen LogP contribution in [0.1, 0.15) is 0 Å². The van der Waals surface area contributed by atoms with Gasteiger partial charge in [-0.15, -0.1) is 0 Å². The van der Waals surface area contributed by atoms with Crippen LogP contribution >= 0.6 is 23.5 Å². The topological polar surface area (TPSA) is 62.8 Å². The Hall–Kier alpha value is -2.06. The Morgan fingerprint density at radius 2 is 2.14 bits per heavy atom. The summed E-state index contributed by atoms with van der Waals surface area (Å²) in [6.07, 6.45) is 1.69. The number of nitrogens with zero attached hydrogens (tertiary/aromatic N) is 2. The van der Waals surface area contributed by atoms with Crippen molar-refractivity contribution in [1.82, 2.24) is 15.0 Å².